The van der Waals surface area contributed by atoms with E-state index in [-0.39, 0.29) is 0 Å². The average molecular weight is 611 g/mol. The minimum atomic E-state index is 0.615. The van der Waals surface area contributed by atoms with Gasteiger partial charge in [-0.25, -0.2) is 4.85 Å². The molecule has 0 aliphatic carbocycles. The molecule has 0 saturated heterocycles. The highest BCUT2D eigenvalue weighted by Gasteiger charge is 2.17. The first-order valence-electron chi connectivity index (χ1n) is 15.9. The lowest BCUT2D eigenvalue weighted by atomic mass is 9.95. The third-order valence-corrected chi connectivity index (χ3v) is 9.34. The fourth-order valence-electron chi connectivity index (χ4n) is 7.23. The molecule has 2 heterocycles. The smallest absolute Gasteiger partial charge is 0.188 e. The Hall–Kier alpha value is -6.88. The molecule has 0 aliphatic heterocycles. The van der Waals surface area contributed by atoms with Crippen LogP contribution in [0.3, 0.4) is 0 Å². The summed E-state index contributed by atoms with van der Waals surface area (Å²) in [6.07, 6.45) is 0. The molecule has 9 aromatic rings. The summed E-state index contributed by atoms with van der Waals surface area (Å²) in [5.41, 5.74) is 11.7. The van der Waals surface area contributed by atoms with Crippen molar-refractivity contribution in [1.29, 1.82) is 5.26 Å². The van der Waals surface area contributed by atoms with Crippen LogP contribution in [0.1, 0.15) is 5.56 Å². The maximum absolute atomic E-state index is 10.1. The number of para-hydroxylation sites is 3. The van der Waals surface area contributed by atoms with Crippen LogP contribution < -0.4 is 0 Å². The maximum atomic E-state index is 10.1. The predicted octanol–water partition coefficient (Wildman–Crippen LogP) is 11.6. The summed E-state index contributed by atoms with van der Waals surface area (Å²) in [6.45, 7) is 7.63. The van der Waals surface area contributed by atoms with Crippen molar-refractivity contribution in [3.8, 4) is 39.7 Å². The molecule has 9 rings (SSSR count). The maximum Gasteiger partial charge on any atom is 0.188 e. The average Bonchev–Trinajstić information content (AvgIpc) is 3.67. The normalized spacial score (nSPS) is 11.3. The van der Waals surface area contributed by atoms with Gasteiger partial charge in [0.15, 0.2) is 5.69 Å². The second kappa shape index (κ2) is 10.9. The van der Waals surface area contributed by atoms with Crippen LogP contribution in [-0.4, -0.2) is 9.13 Å². The van der Waals surface area contributed by atoms with E-state index in [1.807, 2.05) is 48.5 Å². The van der Waals surface area contributed by atoms with Gasteiger partial charge in [0.2, 0.25) is 0 Å². The first-order valence-corrected chi connectivity index (χ1v) is 15.9. The van der Waals surface area contributed by atoms with Crippen molar-refractivity contribution in [2.75, 3.05) is 0 Å². The minimum absolute atomic E-state index is 0.615. The Balaban J connectivity index is 1.32. The molecule has 0 atom stereocenters. The van der Waals surface area contributed by atoms with Gasteiger partial charge in [-0.2, -0.15) is 5.26 Å². The van der Waals surface area contributed by atoms with Crippen LogP contribution in [0.2, 0.25) is 0 Å². The second-order valence-corrected chi connectivity index (χ2v) is 12.0. The Labute approximate surface area is 277 Å². The van der Waals surface area contributed by atoms with Gasteiger partial charge in [-0.3, -0.25) is 0 Å². The van der Waals surface area contributed by atoms with Crippen molar-refractivity contribution >= 4 is 49.3 Å². The third kappa shape index (κ3) is 4.22. The predicted molar refractivity (Wildman–Crippen MR) is 197 cm³/mol. The number of rotatable bonds is 4. The van der Waals surface area contributed by atoms with E-state index >= 15 is 0 Å². The van der Waals surface area contributed by atoms with Crippen molar-refractivity contribution in [3.05, 3.63) is 175 Å². The van der Waals surface area contributed by atoms with Crippen LogP contribution >= 0.6 is 0 Å². The molecular formula is C44H26N4. The van der Waals surface area contributed by atoms with Crippen molar-refractivity contribution in [2.24, 2.45) is 0 Å². The van der Waals surface area contributed by atoms with Gasteiger partial charge >= 0.3 is 0 Å². The van der Waals surface area contributed by atoms with E-state index in [2.05, 4.69) is 129 Å². The molecule has 2 aromatic heterocycles. The molecule has 0 fully saturated rings. The molecule has 0 unspecified atom stereocenters. The van der Waals surface area contributed by atoms with E-state index in [1.165, 1.54) is 10.8 Å². The minimum Gasteiger partial charge on any atom is -0.309 e. The van der Waals surface area contributed by atoms with Gasteiger partial charge in [-0.15, -0.1) is 0 Å². The van der Waals surface area contributed by atoms with Gasteiger partial charge in [-0.05, 0) is 94.4 Å². The zero-order valence-corrected chi connectivity index (χ0v) is 25.8. The van der Waals surface area contributed by atoms with Crippen molar-refractivity contribution in [3.63, 3.8) is 0 Å². The highest BCUT2D eigenvalue weighted by Crippen LogP contribution is 2.39. The topological polar surface area (TPSA) is 38.0 Å². The Morgan fingerprint density at radius 2 is 1.02 bits per heavy atom. The molecule has 0 saturated carbocycles. The van der Waals surface area contributed by atoms with E-state index < -0.39 is 0 Å². The van der Waals surface area contributed by atoms with Gasteiger partial charge in [0.1, 0.15) is 0 Å². The number of aromatic nitrogens is 2. The van der Waals surface area contributed by atoms with Gasteiger partial charge in [0, 0.05) is 27.5 Å². The van der Waals surface area contributed by atoms with E-state index in [1.54, 1.807) is 0 Å². The molecule has 4 nitrogen and oxygen atoms in total. The van der Waals surface area contributed by atoms with Crippen molar-refractivity contribution < 1.29 is 0 Å². The van der Waals surface area contributed by atoms with Gasteiger partial charge in [0.05, 0.1) is 40.3 Å². The standard InChI is InChI=1S/C44H26N4/c1-46-33-21-22-44-40(27-33)39-17-6-9-20-43(39)48(44)35-25-31(23-32(26-35)36-14-3-2-11-30(36)28-45)29-12-10-13-34(24-29)47-41-18-7-4-15-37(41)38-16-5-8-19-42(38)47/h2-27H. The quantitative estimate of drug-likeness (QED) is 0.183. The van der Waals surface area contributed by atoms with Gasteiger partial charge < -0.3 is 9.13 Å². The van der Waals surface area contributed by atoms with Crippen LogP contribution in [0.5, 0.6) is 0 Å². The Bertz CT molecular complexity index is 2760. The fourth-order valence-corrected chi connectivity index (χ4v) is 7.23. The molecule has 0 radical (unpaired) electrons. The SMILES string of the molecule is [C-]#[N+]c1ccc2c(c1)c1ccccc1n2-c1cc(-c2cccc(-n3c4ccccc4c4ccccc43)c2)cc(-c2ccccc2C#N)c1. The summed E-state index contributed by atoms with van der Waals surface area (Å²) >= 11 is 0. The number of nitrogens with zero attached hydrogens (tertiary/aromatic N) is 4. The lowest BCUT2D eigenvalue weighted by molar-refractivity contribution is 1.17. The van der Waals surface area contributed by atoms with E-state index in [4.69, 9.17) is 6.57 Å². The molecule has 48 heavy (non-hydrogen) atoms. The number of hydrogen-bond donors (Lipinski definition) is 0. The Kier molecular flexibility index (Phi) is 6.22. The first kappa shape index (κ1) is 27.4. The number of benzene rings is 7. The van der Waals surface area contributed by atoms with Crippen LogP contribution in [0.25, 0.3) is 82.1 Å². The molecule has 4 heteroatoms. The number of fused-ring (bicyclic) bond motifs is 6. The molecule has 0 aliphatic rings. The van der Waals surface area contributed by atoms with E-state index in [0.717, 1.165) is 66.5 Å². The molecule has 0 bridgehead atoms. The number of hydrogen-bond acceptors (Lipinski definition) is 1. The largest absolute Gasteiger partial charge is 0.309 e. The van der Waals surface area contributed by atoms with Crippen LogP contribution in [0, 0.1) is 17.9 Å². The van der Waals surface area contributed by atoms with Crippen LogP contribution in [-0.2, 0) is 0 Å². The zero-order valence-electron chi connectivity index (χ0n) is 25.8. The Morgan fingerprint density at radius 3 is 1.71 bits per heavy atom. The zero-order chi connectivity index (χ0) is 32.2. The monoisotopic (exact) mass is 610 g/mol. The summed E-state index contributed by atoms with van der Waals surface area (Å²) in [6, 6.07) is 56.9. The summed E-state index contributed by atoms with van der Waals surface area (Å²) in [5, 5.41) is 14.7. The summed E-state index contributed by atoms with van der Waals surface area (Å²) in [4.78, 5) is 3.71. The fraction of sp³-hybridized carbons (Fsp3) is 0. The Morgan fingerprint density at radius 1 is 0.458 bits per heavy atom. The van der Waals surface area contributed by atoms with Gasteiger partial charge in [0.25, 0.3) is 0 Å². The summed E-state index contributed by atoms with van der Waals surface area (Å²) in [7, 11) is 0. The molecule has 222 valence electrons. The highest BCUT2D eigenvalue weighted by molar-refractivity contribution is 6.11. The van der Waals surface area contributed by atoms with E-state index in [9.17, 15) is 5.26 Å². The van der Waals surface area contributed by atoms with Crippen molar-refractivity contribution in [2.45, 2.75) is 0 Å². The van der Waals surface area contributed by atoms with E-state index in [0.29, 0.717) is 11.3 Å². The lowest BCUT2D eigenvalue weighted by Gasteiger charge is -2.16. The molecule has 0 spiro atoms. The first-order chi connectivity index (χ1) is 23.7. The molecule has 0 N–H and O–H groups in total. The third-order valence-electron chi connectivity index (χ3n) is 9.34. The molecular weight excluding hydrogens is 585 g/mol. The second-order valence-electron chi connectivity index (χ2n) is 12.0. The van der Waals surface area contributed by atoms with Gasteiger partial charge in [-0.1, -0.05) is 91.0 Å². The molecule has 7 aromatic carbocycles. The summed E-state index contributed by atoms with van der Waals surface area (Å²) < 4.78 is 4.61. The summed E-state index contributed by atoms with van der Waals surface area (Å²) in [5.74, 6) is 0. The van der Waals surface area contributed by atoms with Crippen molar-refractivity contribution in [1.82, 2.24) is 9.13 Å². The molecule has 0 amide bonds. The lowest BCUT2D eigenvalue weighted by Crippen LogP contribution is -1.97. The van der Waals surface area contributed by atoms with Crippen LogP contribution in [0.4, 0.5) is 5.69 Å². The number of nitriles is 1. The van der Waals surface area contributed by atoms with Crippen LogP contribution in [0.15, 0.2) is 158 Å². The highest BCUT2D eigenvalue weighted by atomic mass is 15.0.